The van der Waals surface area contributed by atoms with Crippen molar-refractivity contribution < 1.29 is 4.74 Å². The van der Waals surface area contributed by atoms with Crippen LogP contribution in [0.3, 0.4) is 0 Å². The molecule has 1 aromatic carbocycles. The highest BCUT2D eigenvalue weighted by atomic mass is 32.2. The lowest BCUT2D eigenvalue weighted by atomic mass is 10.2. The first-order valence-corrected chi connectivity index (χ1v) is 5.41. The lowest BCUT2D eigenvalue weighted by molar-refractivity contribution is 0.415. The van der Waals surface area contributed by atoms with E-state index in [-0.39, 0.29) is 0 Å². The summed E-state index contributed by atoms with van der Waals surface area (Å²) >= 11 is 1.54. The quantitative estimate of drug-likeness (QED) is 0.558. The molecule has 0 bridgehead atoms. The molecule has 14 heavy (non-hydrogen) atoms. The van der Waals surface area contributed by atoms with Gasteiger partial charge in [-0.3, -0.25) is 0 Å². The van der Waals surface area contributed by atoms with Gasteiger partial charge in [0.1, 0.15) is 5.75 Å². The fourth-order valence-corrected chi connectivity index (χ4v) is 1.57. The van der Waals surface area contributed by atoms with E-state index < -0.39 is 0 Å². The van der Waals surface area contributed by atoms with E-state index in [4.69, 9.17) is 4.74 Å². The van der Waals surface area contributed by atoms with E-state index in [1.807, 2.05) is 30.7 Å². The van der Waals surface area contributed by atoms with Crippen molar-refractivity contribution in [3.05, 3.63) is 24.4 Å². The lowest BCUT2D eigenvalue weighted by Gasteiger charge is -2.02. The molecule has 0 saturated heterocycles. The van der Waals surface area contributed by atoms with Gasteiger partial charge < -0.3 is 4.74 Å². The summed E-state index contributed by atoms with van der Waals surface area (Å²) in [5.74, 6) is 0.831. The first-order valence-electron chi connectivity index (χ1n) is 4.18. The van der Waals surface area contributed by atoms with Gasteiger partial charge in [-0.2, -0.15) is 0 Å². The van der Waals surface area contributed by atoms with Crippen LogP contribution in [0.4, 0.5) is 0 Å². The molecule has 0 unspecified atom stereocenters. The van der Waals surface area contributed by atoms with Gasteiger partial charge in [0.05, 0.1) is 12.6 Å². The molecule has 0 aliphatic heterocycles. The Hall–Kier alpha value is -1.29. The average Bonchev–Trinajstić information content (AvgIpc) is 2.27. The van der Waals surface area contributed by atoms with E-state index in [0.29, 0.717) is 0 Å². The Balaban J connectivity index is 2.57. The fraction of sp³-hybridized carbons (Fsp3) is 0.200. The molecule has 0 atom stereocenters. The molecule has 0 amide bonds. The van der Waals surface area contributed by atoms with Crippen molar-refractivity contribution in [3.63, 3.8) is 0 Å². The zero-order valence-electron chi connectivity index (χ0n) is 8.02. The molecular weight excluding hydrogens is 196 g/mol. The van der Waals surface area contributed by atoms with Crippen LogP contribution >= 0.6 is 11.8 Å². The van der Waals surface area contributed by atoms with Crippen LogP contribution in [0.2, 0.25) is 0 Å². The van der Waals surface area contributed by atoms with Crippen LogP contribution in [0.1, 0.15) is 0 Å². The van der Waals surface area contributed by atoms with Crippen molar-refractivity contribution in [2.75, 3.05) is 13.4 Å². The Morgan fingerprint density at radius 1 is 1.36 bits per heavy atom. The van der Waals surface area contributed by atoms with Gasteiger partial charge in [-0.1, -0.05) is 11.8 Å². The number of rotatable bonds is 2. The van der Waals surface area contributed by atoms with Gasteiger partial charge in [0.15, 0.2) is 5.16 Å². The molecule has 2 rings (SSSR count). The van der Waals surface area contributed by atoms with Crippen molar-refractivity contribution in [2.45, 2.75) is 5.16 Å². The molecule has 3 nitrogen and oxygen atoms in total. The van der Waals surface area contributed by atoms with Crippen molar-refractivity contribution in [1.82, 2.24) is 9.97 Å². The van der Waals surface area contributed by atoms with Gasteiger partial charge >= 0.3 is 0 Å². The van der Waals surface area contributed by atoms with Crippen LogP contribution in [0.25, 0.3) is 10.9 Å². The van der Waals surface area contributed by atoms with Crippen molar-refractivity contribution in [1.29, 1.82) is 0 Å². The van der Waals surface area contributed by atoms with Crippen molar-refractivity contribution in [3.8, 4) is 5.75 Å². The SMILES string of the molecule is COc1ccc2nc(SC)ncc2c1. The first-order chi connectivity index (χ1) is 6.83. The summed E-state index contributed by atoms with van der Waals surface area (Å²) in [6.07, 6.45) is 3.78. The smallest absolute Gasteiger partial charge is 0.187 e. The van der Waals surface area contributed by atoms with Gasteiger partial charge in [-0.25, -0.2) is 9.97 Å². The maximum Gasteiger partial charge on any atom is 0.187 e. The third-order valence-electron chi connectivity index (χ3n) is 1.95. The number of hydrogen-bond donors (Lipinski definition) is 0. The van der Waals surface area contributed by atoms with Crippen molar-refractivity contribution in [2.24, 2.45) is 0 Å². The maximum absolute atomic E-state index is 5.12. The Morgan fingerprint density at radius 2 is 2.21 bits per heavy atom. The van der Waals surface area contributed by atoms with E-state index in [0.717, 1.165) is 21.8 Å². The Morgan fingerprint density at radius 3 is 2.93 bits per heavy atom. The molecule has 0 fully saturated rings. The molecule has 0 saturated carbocycles. The number of thioether (sulfide) groups is 1. The number of hydrogen-bond acceptors (Lipinski definition) is 4. The standard InChI is InChI=1S/C10H10N2OS/c1-13-8-3-4-9-7(5-8)6-11-10(12-9)14-2/h3-6H,1-2H3. The number of benzene rings is 1. The van der Waals surface area contributed by atoms with E-state index in [2.05, 4.69) is 9.97 Å². The molecule has 1 heterocycles. The highest BCUT2D eigenvalue weighted by Crippen LogP contribution is 2.20. The van der Waals surface area contributed by atoms with Gasteiger partial charge in [0.2, 0.25) is 0 Å². The first kappa shape index (κ1) is 9.27. The molecule has 0 spiro atoms. The zero-order chi connectivity index (χ0) is 9.97. The zero-order valence-corrected chi connectivity index (χ0v) is 8.84. The number of methoxy groups -OCH3 is 1. The number of ether oxygens (including phenoxy) is 1. The van der Waals surface area contributed by atoms with Gasteiger partial charge in [0.25, 0.3) is 0 Å². The Kier molecular flexibility index (Phi) is 2.54. The van der Waals surface area contributed by atoms with Gasteiger partial charge in [-0.15, -0.1) is 0 Å². The van der Waals surface area contributed by atoms with Crippen LogP contribution in [-0.2, 0) is 0 Å². The predicted molar refractivity (Wildman–Crippen MR) is 57.9 cm³/mol. The van der Waals surface area contributed by atoms with Crippen LogP contribution < -0.4 is 4.74 Å². The van der Waals surface area contributed by atoms with E-state index in [1.165, 1.54) is 0 Å². The van der Waals surface area contributed by atoms with Gasteiger partial charge in [-0.05, 0) is 24.5 Å². The van der Waals surface area contributed by atoms with Crippen LogP contribution in [-0.4, -0.2) is 23.3 Å². The highest BCUT2D eigenvalue weighted by Gasteiger charge is 1.99. The molecule has 0 radical (unpaired) electrons. The largest absolute Gasteiger partial charge is 0.497 e. The average molecular weight is 206 g/mol. The normalized spacial score (nSPS) is 10.4. The number of nitrogens with zero attached hydrogens (tertiary/aromatic N) is 2. The molecule has 0 N–H and O–H groups in total. The second-order valence-corrected chi connectivity index (χ2v) is 3.55. The van der Waals surface area contributed by atoms with Crippen LogP contribution in [0.5, 0.6) is 5.75 Å². The third-order valence-corrected chi connectivity index (χ3v) is 2.51. The topological polar surface area (TPSA) is 35.0 Å². The second-order valence-electron chi connectivity index (χ2n) is 2.78. The minimum Gasteiger partial charge on any atom is -0.497 e. The van der Waals surface area contributed by atoms with Crippen LogP contribution in [0.15, 0.2) is 29.6 Å². The molecule has 0 aliphatic rings. The number of aromatic nitrogens is 2. The lowest BCUT2D eigenvalue weighted by Crippen LogP contribution is -1.88. The maximum atomic E-state index is 5.12. The van der Waals surface area contributed by atoms with E-state index in [9.17, 15) is 0 Å². The van der Waals surface area contributed by atoms with Gasteiger partial charge in [0, 0.05) is 11.6 Å². The Bertz CT molecular complexity index is 416. The second kappa shape index (κ2) is 3.84. The minimum absolute atomic E-state index is 0.794. The summed E-state index contributed by atoms with van der Waals surface area (Å²) in [6, 6.07) is 5.77. The highest BCUT2D eigenvalue weighted by molar-refractivity contribution is 7.98. The summed E-state index contributed by atoms with van der Waals surface area (Å²) in [7, 11) is 1.65. The Labute approximate surface area is 86.5 Å². The van der Waals surface area contributed by atoms with Crippen molar-refractivity contribution >= 4 is 22.7 Å². The molecule has 4 heteroatoms. The van der Waals surface area contributed by atoms with E-state index >= 15 is 0 Å². The molecular formula is C10H10N2OS. The molecule has 72 valence electrons. The minimum atomic E-state index is 0.794. The summed E-state index contributed by atoms with van der Waals surface area (Å²) in [5.41, 5.74) is 0.949. The molecule has 2 aromatic rings. The fourth-order valence-electron chi connectivity index (χ4n) is 1.22. The third kappa shape index (κ3) is 1.65. The predicted octanol–water partition coefficient (Wildman–Crippen LogP) is 2.36. The monoisotopic (exact) mass is 206 g/mol. The summed E-state index contributed by atoms with van der Waals surface area (Å²) in [4.78, 5) is 8.56. The number of fused-ring (bicyclic) bond motifs is 1. The van der Waals surface area contributed by atoms with Crippen LogP contribution in [0, 0.1) is 0 Å². The van der Waals surface area contributed by atoms with E-state index in [1.54, 1.807) is 18.9 Å². The molecule has 1 aromatic heterocycles. The summed E-state index contributed by atoms with van der Waals surface area (Å²) < 4.78 is 5.12. The molecule has 0 aliphatic carbocycles. The summed E-state index contributed by atoms with van der Waals surface area (Å²) in [6.45, 7) is 0. The summed E-state index contributed by atoms with van der Waals surface area (Å²) in [5, 5.41) is 1.80.